The van der Waals surface area contributed by atoms with Crippen LogP contribution in [0.2, 0.25) is 0 Å². The van der Waals surface area contributed by atoms with Gasteiger partial charge >= 0.3 is 0 Å². The van der Waals surface area contributed by atoms with E-state index in [1.54, 1.807) is 0 Å². The van der Waals surface area contributed by atoms with E-state index in [2.05, 4.69) is 67.5 Å². The van der Waals surface area contributed by atoms with Crippen LogP contribution in [0.1, 0.15) is 70.2 Å². The fourth-order valence-corrected chi connectivity index (χ4v) is 5.10. The molecule has 3 nitrogen and oxygen atoms in total. The van der Waals surface area contributed by atoms with Gasteiger partial charge < -0.3 is 15.6 Å². The van der Waals surface area contributed by atoms with Crippen LogP contribution in [0.5, 0.6) is 5.75 Å². The molecular formula is C27H42ClNO2. The topological polar surface area (TPSA) is 53.5 Å². The zero-order valence-corrected chi connectivity index (χ0v) is 21.5. The van der Waals surface area contributed by atoms with Crippen molar-refractivity contribution in [3.63, 3.8) is 0 Å². The summed E-state index contributed by atoms with van der Waals surface area (Å²) in [4.78, 5) is 0. The second-order valence-corrected chi connectivity index (χ2v) is 10.4. The molecule has 4 heteroatoms. The number of halogens is 1. The van der Waals surface area contributed by atoms with Crippen molar-refractivity contribution in [3.8, 4) is 5.75 Å². The highest BCUT2D eigenvalue weighted by Gasteiger charge is 2.51. The second kappa shape index (κ2) is 10.8. The Morgan fingerprint density at radius 3 is 2.03 bits per heavy atom. The fourth-order valence-electron chi connectivity index (χ4n) is 4.88. The van der Waals surface area contributed by atoms with Crippen LogP contribution in [0, 0.1) is 24.7 Å². The summed E-state index contributed by atoms with van der Waals surface area (Å²) in [7, 11) is 0. The lowest BCUT2D eigenvalue weighted by molar-refractivity contribution is -0.160. The molecule has 0 fully saturated rings. The number of ether oxygens (including phenoxy) is 2. The first-order chi connectivity index (χ1) is 14.0. The Labute approximate surface area is 195 Å². The molecule has 1 unspecified atom stereocenters. The molecule has 0 spiro atoms. The molecule has 0 bridgehead atoms. The zero-order valence-electron chi connectivity index (χ0n) is 20.8. The van der Waals surface area contributed by atoms with Gasteiger partial charge in [-0.3, -0.25) is 0 Å². The van der Waals surface area contributed by atoms with E-state index in [-0.39, 0.29) is 17.0 Å². The van der Waals surface area contributed by atoms with E-state index in [0.29, 0.717) is 19.1 Å². The highest BCUT2D eigenvalue weighted by atomic mass is 35.5. The summed E-state index contributed by atoms with van der Waals surface area (Å²) in [5.74, 6) is 1.30. The maximum absolute atomic E-state index is 6.74. The molecule has 0 aliphatic rings. The van der Waals surface area contributed by atoms with Gasteiger partial charge in [-0.1, -0.05) is 65.0 Å². The second-order valence-electron chi connectivity index (χ2n) is 10.2. The Kier molecular flexibility index (Phi) is 9.62. The standard InChI is InChI=1S/C27H39ClO2.H3N/c1-9-30-27(26(7,8)18-25(4,5)6,19-29-23-13-11-10-12-14-23)24-21(3)20(2)15-16-22(24)17-28;/h10-16H,9,17-19H2,1-8H3;1H3. The van der Waals surface area contributed by atoms with Crippen molar-refractivity contribution < 1.29 is 9.47 Å². The Bertz CT molecular complexity index is 827. The molecule has 2 aromatic carbocycles. The van der Waals surface area contributed by atoms with Gasteiger partial charge in [0, 0.05) is 17.9 Å². The smallest absolute Gasteiger partial charge is 0.133 e. The molecule has 2 aromatic rings. The summed E-state index contributed by atoms with van der Waals surface area (Å²) in [5.41, 5.74) is 4.09. The van der Waals surface area contributed by atoms with Crippen molar-refractivity contribution in [1.82, 2.24) is 6.15 Å². The predicted octanol–water partition coefficient (Wildman–Crippen LogP) is 7.98. The number of para-hydroxylation sites is 1. The monoisotopic (exact) mass is 447 g/mol. The van der Waals surface area contributed by atoms with Gasteiger partial charge in [0.2, 0.25) is 0 Å². The average molecular weight is 448 g/mol. The van der Waals surface area contributed by atoms with Crippen LogP contribution in [-0.2, 0) is 16.2 Å². The molecule has 0 aliphatic carbocycles. The first-order valence-electron chi connectivity index (χ1n) is 10.9. The van der Waals surface area contributed by atoms with Crippen LogP contribution in [0.3, 0.4) is 0 Å². The van der Waals surface area contributed by atoms with Crippen molar-refractivity contribution in [2.75, 3.05) is 13.2 Å². The van der Waals surface area contributed by atoms with Gasteiger partial charge in [0.05, 0.1) is 0 Å². The van der Waals surface area contributed by atoms with Crippen molar-refractivity contribution in [2.45, 2.75) is 73.3 Å². The van der Waals surface area contributed by atoms with Crippen molar-refractivity contribution >= 4 is 11.6 Å². The van der Waals surface area contributed by atoms with Gasteiger partial charge in [-0.05, 0) is 67.0 Å². The highest BCUT2D eigenvalue weighted by Crippen LogP contribution is 2.51. The third-order valence-corrected chi connectivity index (χ3v) is 6.30. The number of rotatable bonds is 9. The molecule has 0 saturated carbocycles. The van der Waals surface area contributed by atoms with E-state index in [4.69, 9.17) is 21.1 Å². The zero-order chi connectivity index (χ0) is 22.6. The van der Waals surface area contributed by atoms with E-state index in [0.717, 1.165) is 17.7 Å². The minimum atomic E-state index is -0.634. The van der Waals surface area contributed by atoms with Gasteiger partial charge in [-0.25, -0.2) is 0 Å². The molecule has 0 heterocycles. The normalized spacial score (nSPS) is 14.0. The van der Waals surface area contributed by atoms with Gasteiger partial charge in [-0.2, -0.15) is 0 Å². The van der Waals surface area contributed by atoms with E-state index in [1.165, 1.54) is 16.7 Å². The van der Waals surface area contributed by atoms with Gasteiger partial charge in [0.1, 0.15) is 18.0 Å². The number of alkyl halides is 1. The molecule has 174 valence electrons. The largest absolute Gasteiger partial charge is 0.490 e. The van der Waals surface area contributed by atoms with Crippen molar-refractivity contribution in [3.05, 3.63) is 64.7 Å². The minimum absolute atomic E-state index is 0. The Morgan fingerprint density at radius 2 is 1.52 bits per heavy atom. The van der Waals surface area contributed by atoms with Crippen molar-refractivity contribution in [1.29, 1.82) is 0 Å². The van der Waals surface area contributed by atoms with Gasteiger partial charge in [0.15, 0.2) is 0 Å². The third-order valence-electron chi connectivity index (χ3n) is 6.01. The van der Waals surface area contributed by atoms with Crippen molar-refractivity contribution in [2.24, 2.45) is 10.8 Å². The van der Waals surface area contributed by atoms with Gasteiger partial charge in [0.25, 0.3) is 0 Å². The van der Waals surface area contributed by atoms with E-state index in [9.17, 15) is 0 Å². The van der Waals surface area contributed by atoms with Crippen LogP contribution in [0.4, 0.5) is 0 Å². The third kappa shape index (κ3) is 6.25. The first-order valence-corrected chi connectivity index (χ1v) is 11.5. The number of hydrogen-bond donors (Lipinski definition) is 1. The van der Waals surface area contributed by atoms with Gasteiger partial charge in [-0.15, -0.1) is 11.6 Å². The molecule has 0 amide bonds. The molecular weight excluding hydrogens is 406 g/mol. The SMILES string of the molecule is CCOC(COc1ccccc1)(c1c(CCl)ccc(C)c1C)C(C)(C)CC(C)(C)C.N. The number of aryl methyl sites for hydroxylation is 1. The molecule has 31 heavy (non-hydrogen) atoms. The van der Waals surface area contributed by atoms with E-state index < -0.39 is 5.60 Å². The average Bonchev–Trinajstić information content (AvgIpc) is 2.66. The maximum Gasteiger partial charge on any atom is 0.133 e. The van der Waals surface area contributed by atoms with E-state index in [1.807, 2.05) is 30.3 Å². The lowest BCUT2D eigenvalue weighted by atomic mass is 9.62. The number of benzene rings is 2. The Balaban J connectivity index is 0.00000480. The first kappa shape index (κ1) is 27.5. The molecule has 0 radical (unpaired) electrons. The van der Waals surface area contributed by atoms with Crippen LogP contribution < -0.4 is 10.9 Å². The Hall–Kier alpha value is -1.55. The van der Waals surface area contributed by atoms with E-state index >= 15 is 0 Å². The highest BCUT2D eigenvalue weighted by molar-refractivity contribution is 6.17. The quantitative estimate of drug-likeness (QED) is 0.396. The molecule has 2 rings (SSSR count). The van der Waals surface area contributed by atoms with Crippen LogP contribution >= 0.6 is 11.6 Å². The lowest BCUT2D eigenvalue weighted by Gasteiger charge is -2.50. The van der Waals surface area contributed by atoms with Crippen LogP contribution in [-0.4, -0.2) is 13.2 Å². The minimum Gasteiger partial charge on any atom is -0.490 e. The summed E-state index contributed by atoms with van der Waals surface area (Å²) in [6, 6.07) is 14.3. The number of hydrogen-bond acceptors (Lipinski definition) is 3. The summed E-state index contributed by atoms with van der Waals surface area (Å²) >= 11 is 6.47. The lowest BCUT2D eigenvalue weighted by Crippen LogP contribution is -2.51. The molecule has 3 N–H and O–H groups in total. The predicted molar refractivity (Wildman–Crippen MR) is 134 cm³/mol. The Morgan fingerprint density at radius 1 is 0.903 bits per heavy atom. The summed E-state index contributed by atoms with van der Waals surface area (Å²) in [5, 5.41) is 0. The maximum atomic E-state index is 6.74. The van der Waals surface area contributed by atoms with Crippen LogP contribution in [0.25, 0.3) is 0 Å². The summed E-state index contributed by atoms with van der Waals surface area (Å²) < 4.78 is 13.1. The fraction of sp³-hybridized carbons (Fsp3) is 0.556. The van der Waals surface area contributed by atoms with Crippen LogP contribution in [0.15, 0.2) is 42.5 Å². The summed E-state index contributed by atoms with van der Waals surface area (Å²) in [6.45, 7) is 18.9. The molecule has 0 aliphatic heterocycles. The molecule has 1 atom stereocenters. The molecule has 0 saturated heterocycles. The summed E-state index contributed by atoms with van der Waals surface area (Å²) in [6.07, 6.45) is 0.979. The molecule has 0 aromatic heterocycles.